The third-order valence-corrected chi connectivity index (χ3v) is 5.70. The first-order valence-electron chi connectivity index (χ1n) is 9.22. The molecule has 4 aromatic rings. The van der Waals surface area contributed by atoms with Gasteiger partial charge in [0.05, 0.1) is 16.8 Å². The Hall–Kier alpha value is -2.68. The van der Waals surface area contributed by atoms with Crippen LogP contribution in [0.25, 0.3) is 11.2 Å². The Bertz CT molecular complexity index is 1280. The summed E-state index contributed by atoms with van der Waals surface area (Å²) >= 11 is 18.3. The predicted molar refractivity (Wildman–Crippen MR) is 115 cm³/mol. The summed E-state index contributed by atoms with van der Waals surface area (Å²) < 4.78 is 3.11. The molecule has 1 aliphatic rings. The first-order chi connectivity index (χ1) is 14.5. The van der Waals surface area contributed by atoms with Crippen molar-refractivity contribution < 1.29 is 0 Å². The average molecular weight is 463 g/mol. The molecule has 0 N–H and O–H groups in total. The molecule has 152 valence electrons. The molecule has 1 saturated heterocycles. The molecule has 30 heavy (non-hydrogen) atoms. The minimum atomic E-state index is -0.266. The number of para-hydroxylation sites is 1. The van der Waals surface area contributed by atoms with Crippen LogP contribution in [0.3, 0.4) is 0 Å². The smallest absolute Gasteiger partial charge is 0.284 e. The molecule has 0 saturated carbocycles. The van der Waals surface area contributed by atoms with Crippen LogP contribution in [0, 0.1) is 0 Å². The molecule has 1 aliphatic heterocycles. The van der Waals surface area contributed by atoms with Crippen LogP contribution in [0.15, 0.2) is 47.4 Å². The van der Waals surface area contributed by atoms with Crippen molar-refractivity contribution in [2.75, 3.05) is 11.4 Å². The van der Waals surface area contributed by atoms with Crippen molar-refractivity contribution in [1.29, 1.82) is 0 Å². The summed E-state index contributed by atoms with van der Waals surface area (Å²) in [6.45, 7) is 0.663. The normalized spacial score (nSPS) is 16.5. The zero-order valence-electron chi connectivity index (χ0n) is 15.4. The van der Waals surface area contributed by atoms with Crippen LogP contribution in [0.2, 0.25) is 15.6 Å². The number of benzene rings is 1. The van der Waals surface area contributed by atoms with Gasteiger partial charge < -0.3 is 4.90 Å². The Kier molecular flexibility index (Phi) is 4.85. The molecule has 0 spiro atoms. The van der Waals surface area contributed by atoms with Crippen LogP contribution < -0.4 is 10.5 Å². The number of halogens is 3. The molecule has 8 nitrogen and oxygen atoms in total. The van der Waals surface area contributed by atoms with E-state index in [1.54, 1.807) is 16.8 Å². The highest BCUT2D eigenvalue weighted by Gasteiger charge is 2.33. The maximum absolute atomic E-state index is 13.5. The first-order valence-corrected chi connectivity index (χ1v) is 10.4. The summed E-state index contributed by atoms with van der Waals surface area (Å²) in [6.07, 6.45) is 3.29. The molecule has 1 unspecified atom stereocenters. The fourth-order valence-electron chi connectivity index (χ4n) is 3.81. The van der Waals surface area contributed by atoms with Gasteiger partial charge in [-0.3, -0.25) is 9.36 Å². The Morgan fingerprint density at radius 1 is 0.967 bits per heavy atom. The molecule has 11 heteroatoms. The lowest BCUT2D eigenvalue weighted by Crippen LogP contribution is -2.33. The second-order valence-electron chi connectivity index (χ2n) is 6.82. The third kappa shape index (κ3) is 3.21. The Balaban J connectivity index is 1.74. The summed E-state index contributed by atoms with van der Waals surface area (Å²) in [4.78, 5) is 27.7. The van der Waals surface area contributed by atoms with Crippen LogP contribution in [0.1, 0.15) is 24.7 Å². The highest BCUT2D eigenvalue weighted by Crippen LogP contribution is 2.35. The largest absolute Gasteiger partial charge is 0.330 e. The lowest BCUT2D eigenvalue weighted by Gasteiger charge is -2.26. The summed E-state index contributed by atoms with van der Waals surface area (Å²) in [6, 6.07) is 10.7. The van der Waals surface area contributed by atoms with Crippen LogP contribution in [-0.4, -0.2) is 35.7 Å². The molecule has 1 fully saturated rings. The van der Waals surface area contributed by atoms with E-state index in [2.05, 4.69) is 15.0 Å². The highest BCUT2D eigenvalue weighted by atomic mass is 35.5. The van der Waals surface area contributed by atoms with Gasteiger partial charge in [-0.2, -0.15) is 20.1 Å². The van der Waals surface area contributed by atoms with E-state index in [0.29, 0.717) is 34.5 Å². The Labute approximate surface area is 185 Å². The number of aromatic nitrogens is 6. The molecule has 5 rings (SSSR count). The van der Waals surface area contributed by atoms with E-state index in [1.165, 1.54) is 4.52 Å². The number of rotatable bonds is 3. The zero-order valence-corrected chi connectivity index (χ0v) is 17.7. The number of hydrogen-bond donors (Lipinski definition) is 0. The summed E-state index contributed by atoms with van der Waals surface area (Å²) in [5.74, 6) is 0.901. The minimum absolute atomic E-state index is 0.0108. The molecule has 0 amide bonds. The summed E-state index contributed by atoms with van der Waals surface area (Å²) in [5.41, 5.74) is 0.767. The van der Waals surface area contributed by atoms with Gasteiger partial charge in [-0.25, -0.2) is 4.52 Å². The fourth-order valence-corrected chi connectivity index (χ4v) is 4.39. The van der Waals surface area contributed by atoms with E-state index in [9.17, 15) is 4.79 Å². The lowest BCUT2D eigenvalue weighted by atomic mass is 10.2. The first kappa shape index (κ1) is 19.3. The number of nitrogens with zero attached hydrogens (tertiary/aromatic N) is 7. The monoisotopic (exact) mass is 461 g/mol. The molecule has 1 aromatic carbocycles. The van der Waals surface area contributed by atoms with E-state index in [4.69, 9.17) is 39.9 Å². The minimum Gasteiger partial charge on any atom is -0.330 e. The zero-order chi connectivity index (χ0) is 20.8. The maximum Gasteiger partial charge on any atom is 0.284 e. The van der Waals surface area contributed by atoms with Gasteiger partial charge in [0, 0.05) is 12.7 Å². The van der Waals surface area contributed by atoms with Crippen LogP contribution >= 0.6 is 34.8 Å². The average Bonchev–Trinajstić information content (AvgIpc) is 3.35. The number of hydrogen-bond acceptors (Lipinski definition) is 6. The van der Waals surface area contributed by atoms with Gasteiger partial charge in [-0.1, -0.05) is 29.8 Å². The predicted octanol–water partition coefficient (Wildman–Crippen LogP) is 3.97. The van der Waals surface area contributed by atoms with Crippen molar-refractivity contribution in [2.24, 2.45) is 0 Å². The van der Waals surface area contributed by atoms with Crippen molar-refractivity contribution in [1.82, 2.24) is 29.1 Å². The van der Waals surface area contributed by atoms with Crippen molar-refractivity contribution in [3.8, 4) is 5.69 Å². The van der Waals surface area contributed by atoms with Gasteiger partial charge in [0.15, 0.2) is 5.82 Å². The van der Waals surface area contributed by atoms with Gasteiger partial charge >= 0.3 is 0 Å². The van der Waals surface area contributed by atoms with Crippen molar-refractivity contribution in [2.45, 2.75) is 18.9 Å². The standard InChI is InChI=1S/C19H14Cl3N7O/c20-12-8-10-28-14(12)16(30)29(11-5-2-1-3-6-11)15(26-28)13-7-4-9-27(13)19-24-17(21)23-18(22)25-19/h1-3,5-6,8,10,13H,4,7,9H2. The molecular formula is C19H14Cl3N7O. The van der Waals surface area contributed by atoms with Crippen LogP contribution in [-0.2, 0) is 0 Å². The van der Waals surface area contributed by atoms with Gasteiger partial charge in [-0.05, 0) is 54.2 Å². The topological polar surface area (TPSA) is 81.2 Å². The molecule has 0 aliphatic carbocycles. The van der Waals surface area contributed by atoms with E-state index in [1.807, 2.05) is 35.2 Å². The number of fused-ring (bicyclic) bond motifs is 1. The number of anilines is 1. The molecular weight excluding hydrogens is 449 g/mol. The van der Waals surface area contributed by atoms with Crippen molar-refractivity contribution in [3.63, 3.8) is 0 Å². The van der Waals surface area contributed by atoms with Crippen LogP contribution in [0.4, 0.5) is 5.95 Å². The quantitative estimate of drug-likeness (QED) is 0.458. The highest BCUT2D eigenvalue weighted by molar-refractivity contribution is 6.33. The van der Waals surface area contributed by atoms with E-state index in [-0.39, 0.29) is 22.2 Å². The second-order valence-corrected chi connectivity index (χ2v) is 7.90. The van der Waals surface area contributed by atoms with Gasteiger partial charge in [0.2, 0.25) is 16.5 Å². The van der Waals surface area contributed by atoms with Gasteiger partial charge in [0.1, 0.15) is 5.52 Å². The van der Waals surface area contributed by atoms with Crippen molar-refractivity contribution >= 4 is 46.3 Å². The van der Waals surface area contributed by atoms with Crippen molar-refractivity contribution in [3.05, 3.63) is 74.4 Å². The molecule has 0 radical (unpaired) electrons. The van der Waals surface area contributed by atoms with E-state index >= 15 is 0 Å². The van der Waals surface area contributed by atoms with E-state index < -0.39 is 0 Å². The molecule has 0 bridgehead atoms. The lowest BCUT2D eigenvalue weighted by molar-refractivity contribution is 0.596. The van der Waals surface area contributed by atoms with Gasteiger partial charge in [0.25, 0.3) is 5.56 Å². The third-order valence-electron chi connectivity index (χ3n) is 5.05. The van der Waals surface area contributed by atoms with Crippen LogP contribution in [0.5, 0.6) is 0 Å². The Morgan fingerprint density at radius 2 is 1.70 bits per heavy atom. The second kappa shape index (κ2) is 7.54. The van der Waals surface area contributed by atoms with Gasteiger partial charge in [-0.15, -0.1) is 0 Å². The molecule has 4 heterocycles. The summed E-state index contributed by atoms with van der Waals surface area (Å²) in [7, 11) is 0. The SMILES string of the molecule is O=c1c2c(Cl)ccn2nc(C2CCCN2c2nc(Cl)nc(Cl)n2)n1-c1ccccc1. The maximum atomic E-state index is 13.5. The Morgan fingerprint density at radius 3 is 2.43 bits per heavy atom. The fraction of sp³-hybridized carbons (Fsp3) is 0.211. The molecule has 1 atom stereocenters. The molecule has 3 aromatic heterocycles. The van der Waals surface area contributed by atoms with E-state index in [0.717, 1.165) is 12.8 Å². The summed E-state index contributed by atoms with van der Waals surface area (Å²) in [5, 5.41) is 5.12.